The van der Waals surface area contributed by atoms with Crippen LogP contribution in [0.5, 0.6) is 0 Å². The Bertz CT molecular complexity index is 1860. The molecule has 182 valence electrons. The molecule has 0 radical (unpaired) electrons. The van der Waals surface area contributed by atoms with Gasteiger partial charge >= 0.3 is 0 Å². The van der Waals surface area contributed by atoms with Crippen molar-refractivity contribution in [1.29, 1.82) is 0 Å². The first-order valence-electron chi connectivity index (χ1n) is 11.9. The lowest BCUT2D eigenvalue weighted by atomic mass is 10.0. The monoisotopic (exact) mass is 504 g/mol. The number of para-hydroxylation sites is 1. The van der Waals surface area contributed by atoms with Gasteiger partial charge in [0.15, 0.2) is 5.69 Å². The largest absolute Gasteiger partial charge is 0.360 e. The Labute approximate surface area is 216 Å². The molecule has 0 amide bonds. The van der Waals surface area contributed by atoms with Crippen molar-refractivity contribution in [1.82, 2.24) is 19.0 Å². The van der Waals surface area contributed by atoms with Gasteiger partial charge in [0.1, 0.15) is 0 Å². The summed E-state index contributed by atoms with van der Waals surface area (Å²) in [4.78, 5) is 22.2. The molecule has 3 aromatic carbocycles. The topological polar surface area (TPSA) is 72.4 Å². The minimum absolute atomic E-state index is 0.175. The van der Waals surface area contributed by atoms with Crippen LogP contribution in [0.1, 0.15) is 11.4 Å². The molecule has 6 rings (SSSR count). The molecule has 3 aromatic heterocycles. The lowest BCUT2D eigenvalue weighted by molar-refractivity contribution is 0.630. The maximum atomic E-state index is 13.5. The first-order valence-corrected chi connectivity index (χ1v) is 12.7. The minimum Gasteiger partial charge on any atom is -0.360 e. The van der Waals surface area contributed by atoms with E-state index in [9.17, 15) is 4.79 Å². The van der Waals surface area contributed by atoms with E-state index in [4.69, 9.17) is 10.1 Å². The fraction of sp³-hybridized carbons (Fsp3) is 0.0690. The van der Waals surface area contributed by atoms with Crippen molar-refractivity contribution in [2.24, 2.45) is 17.1 Å². The lowest BCUT2D eigenvalue weighted by Crippen LogP contribution is -2.19. The first-order chi connectivity index (χ1) is 18.1. The average Bonchev–Trinajstić information content (AvgIpc) is 3.64. The molecule has 37 heavy (non-hydrogen) atoms. The number of hydrogen-bond acceptors (Lipinski definition) is 4. The lowest BCUT2D eigenvalue weighted by Gasteiger charge is -2.07. The maximum absolute atomic E-state index is 13.5. The normalized spacial score (nSPS) is 12.2. The number of H-pyrrole nitrogens is 1. The van der Waals surface area contributed by atoms with Gasteiger partial charge < -0.3 is 4.98 Å². The van der Waals surface area contributed by atoms with Crippen molar-refractivity contribution in [3.05, 3.63) is 123 Å². The molecule has 3 heterocycles. The van der Waals surface area contributed by atoms with Gasteiger partial charge in [-0.25, -0.2) is 14.4 Å². The van der Waals surface area contributed by atoms with E-state index in [-0.39, 0.29) is 5.56 Å². The van der Waals surface area contributed by atoms with E-state index in [2.05, 4.69) is 29.2 Å². The third kappa shape index (κ3) is 4.07. The second kappa shape index (κ2) is 9.40. The number of aromatic nitrogens is 4. The van der Waals surface area contributed by atoms with Crippen molar-refractivity contribution in [2.45, 2.75) is 6.92 Å². The molecule has 0 aliphatic heterocycles. The molecule has 0 aliphatic rings. The summed E-state index contributed by atoms with van der Waals surface area (Å²) in [6, 6.07) is 28.0. The van der Waals surface area contributed by atoms with Crippen molar-refractivity contribution in [3.8, 4) is 16.9 Å². The zero-order valence-electron chi connectivity index (χ0n) is 20.4. The SMILES string of the molecule is Cc1c(N=c2scc(-c3cccc4ccccc34)n2N=Cc2ccc[nH]2)c(=O)n(-c2ccccc2)n1C. The van der Waals surface area contributed by atoms with Gasteiger partial charge in [0.25, 0.3) is 5.56 Å². The van der Waals surface area contributed by atoms with Gasteiger partial charge in [-0.15, -0.1) is 11.3 Å². The smallest absolute Gasteiger partial charge is 0.297 e. The van der Waals surface area contributed by atoms with Crippen LogP contribution in [0.15, 0.2) is 111 Å². The van der Waals surface area contributed by atoms with Crippen molar-refractivity contribution in [3.63, 3.8) is 0 Å². The Morgan fingerprint density at radius 2 is 1.70 bits per heavy atom. The summed E-state index contributed by atoms with van der Waals surface area (Å²) in [5.41, 5.74) is 4.60. The minimum atomic E-state index is -0.175. The number of rotatable bonds is 5. The second-order valence-corrected chi connectivity index (χ2v) is 9.47. The molecular formula is C29H24N6OS. The van der Waals surface area contributed by atoms with Crippen LogP contribution >= 0.6 is 11.3 Å². The van der Waals surface area contributed by atoms with Gasteiger partial charge in [-0.05, 0) is 42.0 Å². The van der Waals surface area contributed by atoms with Gasteiger partial charge in [-0.2, -0.15) is 5.10 Å². The van der Waals surface area contributed by atoms with Crippen LogP contribution in [0.2, 0.25) is 0 Å². The number of hydrogen-bond donors (Lipinski definition) is 1. The van der Waals surface area contributed by atoms with E-state index >= 15 is 0 Å². The van der Waals surface area contributed by atoms with Crippen LogP contribution in [0.3, 0.4) is 0 Å². The molecule has 0 bridgehead atoms. The van der Waals surface area contributed by atoms with Crippen LogP contribution in [0.4, 0.5) is 5.69 Å². The quantitative estimate of drug-likeness (QED) is 0.305. The highest BCUT2D eigenvalue weighted by atomic mass is 32.1. The summed E-state index contributed by atoms with van der Waals surface area (Å²) < 4.78 is 5.29. The molecule has 8 heteroatoms. The van der Waals surface area contributed by atoms with Gasteiger partial charge in [0, 0.05) is 24.2 Å². The number of nitrogens with zero attached hydrogens (tertiary/aromatic N) is 5. The Kier molecular flexibility index (Phi) is 5.78. The van der Waals surface area contributed by atoms with Crippen LogP contribution < -0.4 is 10.4 Å². The van der Waals surface area contributed by atoms with E-state index in [0.29, 0.717) is 10.5 Å². The summed E-state index contributed by atoms with van der Waals surface area (Å²) in [6.07, 6.45) is 3.62. The van der Waals surface area contributed by atoms with Crippen molar-refractivity contribution < 1.29 is 0 Å². The molecular weight excluding hydrogens is 480 g/mol. The Hall–Kier alpha value is -4.69. The zero-order chi connectivity index (χ0) is 25.4. The summed E-state index contributed by atoms with van der Waals surface area (Å²) in [5, 5.41) is 9.11. The molecule has 7 nitrogen and oxygen atoms in total. The highest BCUT2D eigenvalue weighted by Crippen LogP contribution is 2.29. The summed E-state index contributed by atoms with van der Waals surface area (Å²) >= 11 is 1.45. The van der Waals surface area contributed by atoms with Crippen LogP contribution in [0, 0.1) is 6.92 Å². The molecule has 1 N–H and O–H groups in total. The number of nitrogens with one attached hydrogen (secondary N) is 1. The van der Waals surface area contributed by atoms with Crippen molar-refractivity contribution >= 4 is 34.0 Å². The average molecular weight is 505 g/mol. The van der Waals surface area contributed by atoms with Crippen LogP contribution in [-0.2, 0) is 7.05 Å². The second-order valence-electron chi connectivity index (χ2n) is 8.63. The summed E-state index contributed by atoms with van der Waals surface area (Å²) in [7, 11) is 1.87. The van der Waals surface area contributed by atoms with Gasteiger partial charge in [0.2, 0.25) is 4.80 Å². The predicted octanol–water partition coefficient (Wildman–Crippen LogP) is 5.61. The van der Waals surface area contributed by atoms with E-state index < -0.39 is 0 Å². The standard InChI is InChI=1S/C29H24N6OS/c1-20-27(28(36)35(33(20)2)23-13-4-3-5-14-23)32-29-34(31-18-22-12-9-17-30-22)26(19-37-29)25-16-8-11-21-10-6-7-15-24(21)25/h3-19,30H,1-2H3. The van der Waals surface area contributed by atoms with Gasteiger partial charge in [-0.3, -0.25) is 9.48 Å². The third-order valence-electron chi connectivity index (χ3n) is 6.42. The van der Waals surface area contributed by atoms with Gasteiger partial charge in [-0.1, -0.05) is 60.7 Å². The van der Waals surface area contributed by atoms with E-state index in [1.54, 1.807) is 10.9 Å². The fourth-order valence-electron chi connectivity index (χ4n) is 4.45. The van der Waals surface area contributed by atoms with Crippen LogP contribution in [-0.4, -0.2) is 25.2 Å². The van der Waals surface area contributed by atoms with E-state index in [1.807, 2.05) is 95.6 Å². The Balaban J connectivity index is 1.58. The highest BCUT2D eigenvalue weighted by molar-refractivity contribution is 7.07. The van der Waals surface area contributed by atoms with E-state index in [0.717, 1.165) is 39.1 Å². The summed E-state index contributed by atoms with van der Waals surface area (Å²) in [5.74, 6) is 0. The molecule has 0 aliphatic carbocycles. The van der Waals surface area contributed by atoms with E-state index in [1.165, 1.54) is 11.3 Å². The van der Waals surface area contributed by atoms with Crippen LogP contribution in [0.25, 0.3) is 27.7 Å². The molecule has 0 saturated heterocycles. The van der Waals surface area contributed by atoms with Gasteiger partial charge in [0.05, 0.1) is 29.0 Å². The molecule has 0 spiro atoms. The highest BCUT2D eigenvalue weighted by Gasteiger charge is 2.17. The molecule has 0 unspecified atom stereocenters. The number of thiazole rings is 1. The molecule has 0 saturated carbocycles. The molecule has 6 aromatic rings. The Morgan fingerprint density at radius 1 is 0.919 bits per heavy atom. The molecule has 0 fully saturated rings. The number of benzene rings is 3. The predicted molar refractivity (Wildman–Crippen MR) is 150 cm³/mol. The first kappa shape index (κ1) is 22.8. The number of aromatic amines is 1. The third-order valence-corrected chi connectivity index (χ3v) is 7.23. The molecule has 0 atom stereocenters. The zero-order valence-corrected chi connectivity index (χ0v) is 21.2. The maximum Gasteiger partial charge on any atom is 0.297 e. The summed E-state index contributed by atoms with van der Waals surface area (Å²) in [6.45, 7) is 1.91. The van der Waals surface area contributed by atoms with Crippen molar-refractivity contribution in [2.75, 3.05) is 0 Å². The number of fused-ring (bicyclic) bond motifs is 1. The fourth-order valence-corrected chi connectivity index (χ4v) is 5.28. The Morgan fingerprint density at radius 3 is 2.51 bits per heavy atom.